The van der Waals surface area contributed by atoms with Gasteiger partial charge in [0.25, 0.3) is 0 Å². The van der Waals surface area contributed by atoms with Crippen LogP contribution in [0.3, 0.4) is 0 Å². The molecule has 2 N–H and O–H groups in total. The Morgan fingerprint density at radius 1 is 1.50 bits per heavy atom. The number of aliphatic hydroxyl groups excluding tert-OH is 1. The van der Waals surface area contributed by atoms with Crippen molar-refractivity contribution in [2.24, 2.45) is 5.92 Å². The van der Waals surface area contributed by atoms with Crippen LogP contribution in [-0.2, 0) is 0 Å². The number of aliphatic hydroxyl groups is 1. The van der Waals surface area contributed by atoms with Crippen LogP contribution in [0.4, 0.5) is 0 Å². The van der Waals surface area contributed by atoms with E-state index in [1.54, 1.807) is 0 Å². The minimum atomic E-state index is 0.284. The molecule has 0 aromatic carbocycles. The Kier molecular flexibility index (Phi) is 5.45. The van der Waals surface area contributed by atoms with Crippen LogP contribution in [0.1, 0.15) is 26.2 Å². The van der Waals surface area contributed by atoms with Gasteiger partial charge in [-0.25, -0.2) is 0 Å². The molecule has 0 bridgehead atoms. The number of likely N-dealkylation sites (N-methyl/N-ethyl adjacent to an activating group) is 2. The number of nitrogens with zero attached hydrogens (tertiary/aromatic N) is 1. The SMILES string of the molecule is CCN(CC1CC1)CC(CCO)NC. The number of hydrogen-bond donors (Lipinski definition) is 2. The third kappa shape index (κ3) is 4.40. The Labute approximate surface area is 87.5 Å². The van der Waals surface area contributed by atoms with Crippen molar-refractivity contribution < 1.29 is 5.11 Å². The van der Waals surface area contributed by atoms with Gasteiger partial charge >= 0.3 is 0 Å². The van der Waals surface area contributed by atoms with E-state index in [0.29, 0.717) is 6.04 Å². The topological polar surface area (TPSA) is 35.5 Å². The van der Waals surface area contributed by atoms with E-state index in [0.717, 1.165) is 25.4 Å². The van der Waals surface area contributed by atoms with Gasteiger partial charge in [-0.2, -0.15) is 0 Å². The maximum atomic E-state index is 8.89. The maximum absolute atomic E-state index is 8.89. The highest BCUT2D eigenvalue weighted by atomic mass is 16.3. The molecule has 1 aliphatic rings. The van der Waals surface area contributed by atoms with E-state index in [1.807, 2.05) is 7.05 Å². The molecule has 1 fully saturated rings. The summed E-state index contributed by atoms with van der Waals surface area (Å²) in [6, 6.07) is 0.443. The van der Waals surface area contributed by atoms with Gasteiger partial charge in [-0.05, 0) is 38.8 Å². The van der Waals surface area contributed by atoms with Crippen LogP contribution in [-0.4, -0.2) is 49.3 Å². The van der Waals surface area contributed by atoms with E-state index in [9.17, 15) is 0 Å². The van der Waals surface area contributed by atoms with Gasteiger partial charge in [-0.3, -0.25) is 0 Å². The van der Waals surface area contributed by atoms with Gasteiger partial charge in [0.2, 0.25) is 0 Å². The molecular weight excluding hydrogens is 176 g/mol. The Hall–Kier alpha value is -0.120. The largest absolute Gasteiger partial charge is 0.396 e. The van der Waals surface area contributed by atoms with Gasteiger partial charge in [-0.1, -0.05) is 6.92 Å². The minimum absolute atomic E-state index is 0.284. The average molecular weight is 200 g/mol. The average Bonchev–Trinajstić information content (AvgIpc) is 2.99. The van der Waals surface area contributed by atoms with Crippen LogP contribution in [0.25, 0.3) is 0 Å². The first-order valence-electron chi connectivity index (χ1n) is 5.80. The van der Waals surface area contributed by atoms with Crippen LogP contribution in [0, 0.1) is 5.92 Å². The van der Waals surface area contributed by atoms with Crippen molar-refractivity contribution in [1.29, 1.82) is 0 Å². The third-order valence-electron chi connectivity index (χ3n) is 3.02. The molecule has 0 heterocycles. The molecule has 0 aromatic heterocycles. The van der Waals surface area contributed by atoms with E-state index >= 15 is 0 Å². The summed E-state index contributed by atoms with van der Waals surface area (Å²) in [5, 5.41) is 12.1. The van der Waals surface area contributed by atoms with Crippen molar-refractivity contribution in [3.8, 4) is 0 Å². The van der Waals surface area contributed by atoms with Crippen molar-refractivity contribution in [3.63, 3.8) is 0 Å². The summed E-state index contributed by atoms with van der Waals surface area (Å²) in [7, 11) is 1.98. The van der Waals surface area contributed by atoms with Crippen molar-refractivity contribution in [2.75, 3.05) is 33.3 Å². The van der Waals surface area contributed by atoms with Gasteiger partial charge in [0.15, 0.2) is 0 Å². The van der Waals surface area contributed by atoms with Crippen molar-refractivity contribution in [1.82, 2.24) is 10.2 Å². The zero-order valence-electron chi connectivity index (χ0n) is 9.50. The molecule has 1 unspecified atom stereocenters. The molecule has 0 saturated heterocycles. The summed E-state index contributed by atoms with van der Waals surface area (Å²) >= 11 is 0. The zero-order valence-corrected chi connectivity index (χ0v) is 9.50. The Morgan fingerprint density at radius 3 is 2.64 bits per heavy atom. The fraction of sp³-hybridized carbons (Fsp3) is 1.00. The summed E-state index contributed by atoms with van der Waals surface area (Å²) in [6.07, 6.45) is 3.69. The molecule has 3 heteroatoms. The monoisotopic (exact) mass is 200 g/mol. The zero-order chi connectivity index (χ0) is 10.4. The molecule has 0 aliphatic heterocycles. The van der Waals surface area contributed by atoms with Gasteiger partial charge in [-0.15, -0.1) is 0 Å². The van der Waals surface area contributed by atoms with E-state index in [4.69, 9.17) is 5.11 Å². The highest BCUT2D eigenvalue weighted by molar-refractivity contribution is 4.79. The lowest BCUT2D eigenvalue weighted by molar-refractivity contribution is 0.212. The van der Waals surface area contributed by atoms with E-state index < -0.39 is 0 Å². The Morgan fingerprint density at radius 2 is 2.21 bits per heavy atom. The van der Waals surface area contributed by atoms with Crippen LogP contribution >= 0.6 is 0 Å². The van der Waals surface area contributed by atoms with Crippen LogP contribution in [0.5, 0.6) is 0 Å². The molecule has 0 spiro atoms. The number of nitrogens with one attached hydrogen (secondary N) is 1. The molecule has 3 nitrogen and oxygen atoms in total. The predicted octanol–water partition coefficient (Wildman–Crippen LogP) is 0.689. The van der Waals surface area contributed by atoms with Gasteiger partial charge in [0, 0.05) is 25.7 Å². The highest BCUT2D eigenvalue weighted by Gasteiger charge is 2.24. The predicted molar refractivity (Wildman–Crippen MR) is 59.4 cm³/mol. The number of rotatable bonds is 8. The van der Waals surface area contributed by atoms with Gasteiger partial charge in [0.1, 0.15) is 0 Å². The standard InChI is InChI=1S/C11H24N2O/c1-3-13(8-10-4-5-10)9-11(12-2)6-7-14/h10-12,14H,3-9H2,1-2H3. The summed E-state index contributed by atoms with van der Waals surface area (Å²) in [6.45, 7) is 5.95. The van der Waals surface area contributed by atoms with Crippen molar-refractivity contribution in [2.45, 2.75) is 32.2 Å². The molecule has 0 radical (unpaired) electrons. The Bertz CT molecular complexity index is 148. The second-order valence-corrected chi connectivity index (χ2v) is 4.29. The normalized spacial score (nSPS) is 18.9. The lowest BCUT2D eigenvalue weighted by atomic mass is 10.2. The van der Waals surface area contributed by atoms with Gasteiger partial charge < -0.3 is 15.3 Å². The molecule has 1 atom stereocenters. The van der Waals surface area contributed by atoms with E-state index in [2.05, 4.69) is 17.1 Å². The minimum Gasteiger partial charge on any atom is -0.396 e. The molecule has 14 heavy (non-hydrogen) atoms. The van der Waals surface area contributed by atoms with Crippen LogP contribution < -0.4 is 5.32 Å². The molecule has 1 rings (SSSR count). The third-order valence-corrected chi connectivity index (χ3v) is 3.02. The fourth-order valence-electron chi connectivity index (χ4n) is 1.79. The van der Waals surface area contributed by atoms with Crippen molar-refractivity contribution >= 4 is 0 Å². The molecule has 1 aliphatic carbocycles. The highest BCUT2D eigenvalue weighted by Crippen LogP contribution is 2.29. The summed E-state index contributed by atoms with van der Waals surface area (Å²) in [4.78, 5) is 2.49. The molecule has 1 saturated carbocycles. The molecule has 0 aromatic rings. The first-order chi connectivity index (χ1) is 6.80. The smallest absolute Gasteiger partial charge is 0.0446 e. The fourth-order valence-corrected chi connectivity index (χ4v) is 1.79. The second kappa shape index (κ2) is 6.38. The maximum Gasteiger partial charge on any atom is 0.0446 e. The molecular formula is C11H24N2O. The Balaban J connectivity index is 2.20. The van der Waals surface area contributed by atoms with E-state index in [1.165, 1.54) is 19.4 Å². The lowest BCUT2D eigenvalue weighted by Gasteiger charge is -2.25. The summed E-state index contributed by atoms with van der Waals surface area (Å²) in [5.41, 5.74) is 0. The second-order valence-electron chi connectivity index (χ2n) is 4.29. The lowest BCUT2D eigenvalue weighted by Crippen LogP contribution is -2.40. The molecule has 0 amide bonds. The summed E-state index contributed by atoms with van der Waals surface area (Å²) < 4.78 is 0. The first kappa shape index (κ1) is 12.0. The summed E-state index contributed by atoms with van der Waals surface area (Å²) in [5.74, 6) is 0.960. The quantitative estimate of drug-likeness (QED) is 0.605. The van der Waals surface area contributed by atoms with Crippen LogP contribution in [0.15, 0.2) is 0 Å². The molecule has 84 valence electrons. The first-order valence-corrected chi connectivity index (χ1v) is 5.80. The number of hydrogen-bond acceptors (Lipinski definition) is 3. The van der Waals surface area contributed by atoms with Crippen molar-refractivity contribution in [3.05, 3.63) is 0 Å². The van der Waals surface area contributed by atoms with Gasteiger partial charge in [0.05, 0.1) is 0 Å². The van der Waals surface area contributed by atoms with E-state index in [-0.39, 0.29) is 6.61 Å². The van der Waals surface area contributed by atoms with Crippen LogP contribution in [0.2, 0.25) is 0 Å².